The summed E-state index contributed by atoms with van der Waals surface area (Å²) >= 11 is 0. The van der Waals surface area contributed by atoms with Crippen molar-refractivity contribution < 1.29 is 14.3 Å². The van der Waals surface area contributed by atoms with E-state index in [0.717, 1.165) is 19.8 Å². The molecule has 1 aliphatic rings. The maximum atomic E-state index is 10.8. The van der Waals surface area contributed by atoms with Crippen molar-refractivity contribution in [3.05, 3.63) is 71.8 Å². The summed E-state index contributed by atoms with van der Waals surface area (Å²) in [7, 11) is 1.37. The number of ether oxygens (including phenoxy) is 2. The highest BCUT2D eigenvalue weighted by Gasteiger charge is 2.13. The van der Waals surface area contributed by atoms with Crippen molar-refractivity contribution in [1.29, 1.82) is 0 Å². The number of nitrogens with one attached hydrogen (secondary N) is 1. The summed E-state index contributed by atoms with van der Waals surface area (Å²) < 4.78 is 10.1. The lowest BCUT2D eigenvalue weighted by molar-refractivity contribution is 0.0600. The summed E-state index contributed by atoms with van der Waals surface area (Å²) in [5.41, 5.74) is 1.84. The van der Waals surface area contributed by atoms with Gasteiger partial charge in [-0.1, -0.05) is 48.5 Å². The number of carbonyl (C=O) groups excluding carboxylic acids is 1. The Morgan fingerprint density at radius 3 is 2.33 bits per heavy atom. The molecule has 0 aliphatic carbocycles. The zero-order chi connectivity index (χ0) is 17.0. The van der Waals surface area contributed by atoms with E-state index >= 15 is 0 Å². The van der Waals surface area contributed by atoms with E-state index in [0.29, 0.717) is 11.6 Å². The molecule has 1 heterocycles. The number of hydrogen-bond donors (Lipinski definition) is 1. The first-order chi connectivity index (χ1) is 11.8. The van der Waals surface area contributed by atoms with E-state index in [1.54, 1.807) is 24.3 Å². The van der Waals surface area contributed by atoms with Gasteiger partial charge < -0.3 is 14.8 Å². The van der Waals surface area contributed by atoms with E-state index in [9.17, 15) is 4.79 Å². The number of hydrogen-bond acceptors (Lipinski definition) is 4. The van der Waals surface area contributed by atoms with Gasteiger partial charge in [0, 0.05) is 6.04 Å². The van der Waals surface area contributed by atoms with Gasteiger partial charge in [0.25, 0.3) is 0 Å². The molecule has 2 aromatic rings. The fourth-order valence-corrected chi connectivity index (χ4v) is 2.48. The van der Waals surface area contributed by atoms with Gasteiger partial charge >= 0.3 is 5.97 Å². The third kappa shape index (κ3) is 6.52. The van der Waals surface area contributed by atoms with Crippen LogP contribution < -0.4 is 5.32 Å². The molecule has 1 unspecified atom stereocenters. The topological polar surface area (TPSA) is 47.6 Å². The summed E-state index contributed by atoms with van der Waals surface area (Å²) in [4.78, 5) is 10.8. The maximum absolute atomic E-state index is 10.8. The third-order valence-electron chi connectivity index (χ3n) is 3.79. The molecule has 1 fully saturated rings. The molecule has 3 rings (SSSR count). The molecule has 0 radical (unpaired) electrons. The predicted octanol–water partition coefficient (Wildman–Crippen LogP) is 3.43. The quantitative estimate of drug-likeness (QED) is 0.855. The standard InChI is InChI=1S/C12H17NO.C8H8O2/c1-2-5-11(6-3-1)9-14-10-12-7-4-8-13-12;1-10-8(9)7-5-3-2-4-6-7/h1-3,5-6,12-13H,4,7-10H2;2-6H,1H3. The minimum absolute atomic E-state index is 0.291. The van der Waals surface area contributed by atoms with Gasteiger partial charge in [-0.2, -0.15) is 0 Å². The first kappa shape index (κ1) is 18.2. The molecule has 4 heteroatoms. The van der Waals surface area contributed by atoms with Crippen molar-refractivity contribution in [2.45, 2.75) is 25.5 Å². The van der Waals surface area contributed by atoms with E-state index < -0.39 is 0 Å². The van der Waals surface area contributed by atoms with Crippen LogP contribution in [-0.2, 0) is 16.1 Å². The van der Waals surface area contributed by atoms with Crippen LogP contribution in [0.4, 0.5) is 0 Å². The van der Waals surface area contributed by atoms with Crippen LogP contribution in [0, 0.1) is 0 Å². The molecule has 1 saturated heterocycles. The van der Waals surface area contributed by atoms with Crippen LogP contribution in [0.15, 0.2) is 60.7 Å². The first-order valence-corrected chi connectivity index (χ1v) is 8.28. The van der Waals surface area contributed by atoms with Gasteiger partial charge in [0.1, 0.15) is 0 Å². The van der Waals surface area contributed by atoms with Crippen LogP contribution in [0.5, 0.6) is 0 Å². The van der Waals surface area contributed by atoms with Crippen molar-refractivity contribution in [2.75, 3.05) is 20.3 Å². The van der Waals surface area contributed by atoms with Gasteiger partial charge in [-0.3, -0.25) is 0 Å². The fourth-order valence-electron chi connectivity index (χ4n) is 2.48. The lowest BCUT2D eigenvalue weighted by Gasteiger charge is -2.10. The number of benzene rings is 2. The van der Waals surface area contributed by atoms with E-state index in [1.165, 1.54) is 25.5 Å². The van der Waals surface area contributed by atoms with Crippen molar-refractivity contribution >= 4 is 5.97 Å². The Balaban J connectivity index is 0.000000185. The van der Waals surface area contributed by atoms with Crippen molar-refractivity contribution in [2.24, 2.45) is 0 Å². The second kappa shape index (κ2) is 10.6. The molecule has 0 saturated carbocycles. The van der Waals surface area contributed by atoms with Crippen LogP contribution in [-0.4, -0.2) is 32.3 Å². The van der Waals surface area contributed by atoms with Gasteiger partial charge in [-0.05, 0) is 37.1 Å². The molecule has 0 amide bonds. The van der Waals surface area contributed by atoms with Gasteiger partial charge in [0.05, 0.1) is 25.9 Å². The molecular weight excluding hydrogens is 302 g/mol. The smallest absolute Gasteiger partial charge is 0.337 e. The van der Waals surface area contributed by atoms with Crippen LogP contribution >= 0.6 is 0 Å². The molecule has 128 valence electrons. The van der Waals surface area contributed by atoms with Crippen molar-refractivity contribution in [1.82, 2.24) is 5.32 Å². The van der Waals surface area contributed by atoms with Crippen molar-refractivity contribution in [3.8, 4) is 0 Å². The molecular formula is C20H25NO3. The van der Waals surface area contributed by atoms with Crippen LogP contribution in [0.2, 0.25) is 0 Å². The van der Waals surface area contributed by atoms with Crippen LogP contribution in [0.1, 0.15) is 28.8 Å². The largest absolute Gasteiger partial charge is 0.465 e. The third-order valence-corrected chi connectivity index (χ3v) is 3.79. The van der Waals surface area contributed by atoms with Gasteiger partial charge in [-0.25, -0.2) is 4.79 Å². The summed E-state index contributed by atoms with van der Waals surface area (Å²) in [5.74, 6) is -0.291. The summed E-state index contributed by atoms with van der Waals surface area (Å²) in [6.45, 7) is 2.73. The molecule has 0 bridgehead atoms. The van der Waals surface area contributed by atoms with E-state index in [2.05, 4.69) is 22.2 Å². The first-order valence-electron chi connectivity index (χ1n) is 8.28. The predicted molar refractivity (Wildman–Crippen MR) is 94.9 cm³/mol. The van der Waals surface area contributed by atoms with E-state index in [-0.39, 0.29) is 5.97 Å². The van der Waals surface area contributed by atoms with E-state index in [4.69, 9.17) is 4.74 Å². The van der Waals surface area contributed by atoms with Crippen LogP contribution in [0.25, 0.3) is 0 Å². The number of methoxy groups -OCH3 is 1. The van der Waals surface area contributed by atoms with Gasteiger partial charge in [-0.15, -0.1) is 0 Å². The van der Waals surface area contributed by atoms with Crippen molar-refractivity contribution in [3.63, 3.8) is 0 Å². The highest BCUT2D eigenvalue weighted by atomic mass is 16.5. The summed E-state index contributed by atoms with van der Waals surface area (Å²) in [5, 5.41) is 3.42. The van der Waals surface area contributed by atoms with Gasteiger partial charge in [0.15, 0.2) is 0 Å². The number of rotatable bonds is 5. The maximum Gasteiger partial charge on any atom is 0.337 e. The van der Waals surface area contributed by atoms with Gasteiger partial charge in [0.2, 0.25) is 0 Å². The Hall–Kier alpha value is -2.17. The molecule has 1 atom stereocenters. The molecule has 1 N–H and O–H groups in total. The highest BCUT2D eigenvalue weighted by Crippen LogP contribution is 2.07. The SMILES string of the molecule is COC(=O)c1ccccc1.c1ccc(COCC2CCCN2)cc1. The summed E-state index contributed by atoms with van der Waals surface area (Å²) in [6.07, 6.45) is 2.55. The molecule has 0 aromatic heterocycles. The zero-order valence-electron chi connectivity index (χ0n) is 14.1. The Labute approximate surface area is 143 Å². The Morgan fingerprint density at radius 1 is 1.08 bits per heavy atom. The highest BCUT2D eigenvalue weighted by molar-refractivity contribution is 5.89. The average Bonchev–Trinajstić information content (AvgIpc) is 3.17. The van der Waals surface area contributed by atoms with Crippen LogP contribution in [0.3, 0.4) is 0 Å². The molecule has 1 aliphatic heterocycles. The number of carbonyl (C=O) groups is 1. The molecule has 4 nitrogen and oxygen atoms in total. The Morgan fingerprint density at radius 2 is 1.75 bits per heavy atom. The molecule has 2 aromatic carbocycles. The van der Waals surface area contributed by atoms with E-state index in [1.807, 2.05) is 24.3 Å². The lowest BCUT2D eigenvalue weighted by Crippen LogP contribution is -2.26. The Kier molecular flexibility index (Phi) is 8.01. The second-order valence-electron chi connectivity index (χ2n) is 5.65. The fraction of sp³-hybridized carbons (Fsp3) is 0.350. The molecule has 24 heavy (non-hydrogen) atoms. The number of esters is 1. The second-order valence-corrected chi connectivity index (χ2v) is 5.65. The minimum atomic E-state index is -0.291. The zero-order valence-corrected chi connectivity index (χ0v) is 14.1. The summed E-state index contributed by atoms with van der Waals surface area (Å²) in [6, 6.07) is 19.8. The Bertz CT molecular complexity index is 580. The minimum Gasteiger partial charge on any atom is -0.465 e. The monoisotopic (exact) mass is 327 g/mol. The normalized spacial score (nSPS) is 16.1. The lowest BCUT2D eigenvalue weighted by atomic mass is 10.2. The average molecular weight is 327 g/mol. The molecule has 0 spiro atoms.